The molecule has 0 aromatic carbocycles. The van der Waals surface area contributed by atoms with Gasteiger partial charge in [0, 0.05) is 138 Å². The van der Waals surface area contributed by atoms with Crippen molar-refractivity contribution >= 4 is 155 Å². The zero-order chi connectivity index (χ0) is 93.4. The first-order valence-corrected chi connectivity index (χ1v) is 55.4. The summed E-state index contributed by atoms with van der Waals surface area (Å²) in [7, 11) is 16.0. The van der Waals surface area contributed by atoms with Crippen LogP contribution in [-0.2, 0) is 83.3 Å². The maximum atomic E-state index is 12.6. The second-order valence-electron chi connectivity index (χ2n) is 41.8. The highest BCUT2D eigenvalue weighted by Crippen LogP contribution is 2.47. The molecular weight excluding hydrogens is 1790 g/mol. The van der Waals surface area contributed by atoms with E-state index in [1.165, 1.54) is 206 Å². The highest BCUT2D eigenvalue weighted by molar-refractivity contribution is 7.20. The Kier molecular flexibility index (Phi) is 32.4. The number of nitrogens with one attached hydrogen (secondary N) is 5. The molecule has 0 spiro atoms. The number of fused-ring (bicyclic) bond motifs is 15. The number of aromatic nitrogens is 10. The van der Waals surface area contributed by atoms with Crippen molar-refractivity contribution in [2.75, 3.05) is 149 Å². The minimum absolute atomic E-state index is 0.0858. The van der Waals surface area contributed by atoms with Crippen LogP contribution in [0.5, 0.6) is 0 Å². The van der Waals surface area contributed by atoms with E-state index in [1.807, 2.05) is 89.8 Å². The van der Waals surface area contributed by atoms with Crippen LogP contribution in [0.4, 0.5) is 29.1 Å². The van der Waals surface area contributed by atoms with E-state index in [-0.39, 0.29) is 16.5 Å². The topological polar surface area (TPSA) is 292 Å². The summed E-state index contributed by atoms with van der Waals surface area (Å²) < 4.78 is 5.44. The molecule has 10 aromatic rings. The van der Waals surface area contributed by atoms with Crippen molar-refractivity contribution in [3.8, 4) is 0 Å². The number of nitrogens with zero attached hydrogens (tertiary/aromatic N) is 18. The van der Waals surface area contributed by atoms with Crippen molar-refractivity contribution in [1.82, 2.24) is 84.1 Å². The second kappa shape index (κ2) is 44.9. The fourth-order valence-electron chi connectivity index (χ4n) is 23.7. The van der Waals surface area contributed by atoms with E-state index in [2.05, 4.69) is 143 Å². The Balaban J connectivity index is 0.000000113. The van der Waals surface area contributed by atoms with E-state index >= 15 is 0 Å². The zero-order valence-electron chi connectivity index (χ0n) is 81.9. The monoisotopic (exact) mass is 1940 g/mol. The van der Waals surface area contributed by atoms with Gasteiger partial charge in [0.25, 0.3) is 0 Å². The Labute approximate surface area is 818 Å². The second-order valence-corrected chi connectivity index (χ2v) is 47.2. The van der Waals surface area contributed by atoms with Gasteiger partial charge >= 0.3 is 0 Å². The number of likely N-dealkylation sites (tertiary alicyclic amines) is 1. The molecule has 0 atom stereocenters. The molecule has 2 saturated heterocycles. The van der Waals surface area contributed by atoms with Gasteiger partial charge in [-0.05, 0) is 293 Å². The lowest BCUT2D eigenvalue weighted by Crippen LogP contribution is -2.48. The van der Waals surface area contributed by atoms with E-state index in [0.717, 1.165) is 215 Å². The van der Waals surface area contributed by atoms with Crippen LogP contribution in [0.3, 0.4) is 0 Å². The van der Waals surface area contributed by atoms with Gasteiger partial charge in [0.2, 0.25) is 17.7 Å². The first-order valence-electron chi connectivity index (χ1n) is 51.3. The van der Waals surface area contributed by atoms with E-state index in [0.29, 0.717) is 93.1 Å². The van der Waals surface area contributed by atoms with Crippen molar-refractivity contribution in [2.24, 2.45) is 5.92 Å². The molecule has 33 heteroatoms. The number of aryl methyl sites for hydroxylation is 10. The van der Waals surface area contributed by atoms with Gasteiger partial charge in [-0.1, -0.05) is 13.8 Å². The van der Waals surface area contributed by atoms with Crippen LogP contribution in [-0.4, -0.2) is 294 Å². The van der Waals surface area contributed by atoms with Crippen molar-refractivity contribution < 1.29 is 29.0 Å². The number of thiophene rings is 5. The minimum atomic E-state index is 0.0858. The number of ether oxygens (including phenoxy) is 1. The van der Waals surface area contributed by atoms with Gasteiger partial charge in [0.1, 0.15) is 90.9 Å². The van der Waals surface area contributed by atoms with Gasteiger partial charge in [-0.15, -0.1) is 56.7 Å². The summed E-state index contributed by atoms with van der Waals surface area (Å²) in [4.78, 5) is 111. The number of morpholine rings is 1. The van der Waals surface area contributed by atoms with E-state index in [1.54, 1.807) is 36.5 Å². The predicted molar refractivity (Wildman–Crippen MR) is 551 cm³/mol. The zero-order valence-corrected chi connectivity index (χ0v) is 85.9. The molecule has 22 rings (SSSR count). The minimum Gasteiger partial charge on any atom is -0.378 e. The summed E-state index contributed by atoms with van der Waals surface area (Å²) >= 11 is 9.25. The number of hydrogen-bond donors (Lipinski definition) is 6. The third-order valence-corrected chi connectivity index (χ3v) is 37.5. The van der Waals surface area contributed by atoms with Gasteiger partial charge in [-0.2, -0.15) is 4.65 Å². The van der Waals surface area contributed by atoms with Gasteiger partial charge in [0.15, 0.2) is 0 Å². The predicted octanol–water partition coefficient (Wildman–Crippen LogP) is 17.3. The average molecular weight is 1940 g/mol. The standard InChI is InChI=1S/C23H33N5OS.C22H31N5O2S.C20H29N5OS.C20H30N4S.C17H25N4OS/c1-27(14-20(29)28-12-3-2-4-13-28)17-10-8-16(9-11-17)26-22-21-18-6-5-7-19(18)30-23(21)25-15-24-22;1-26(13-19(28)27-9-11-29-12-10-27)16-7-5-15(6-8-16)25-21-20-17-3-2-4-18(17)30-22(20)24-14-23-21;1-24(2)17(26)11-25(3)14-9-7-13(8-10-14)23-19-18-15-5-4-6-16(15)27-20(18)22-12-21-19;1-13(2)11-24(3)15-9-7-14(8-10-15)23-19-18-16-5-4-6-17(16)25-20(18)22-12-21-19;1-21(2,22)12-8-6-11(7-9-12)20-16-15-13-4-3-5-14(13)23-17(15)19-10-18-16/h15-17H,2-14H2,1H3,(H,24,25,26);14-16H,2-13H2,1H3,(H,23,24,25);12-14H,4-11H2,1-3H3,(H,21,22,23);12-15H,4-11H2,1-3H3,(H,21,22,23);10-12,22H,3-9H2,1-2H3,(H,18,19,20)/q;;;;+1. The summed E-state index contributed by atoms with van der Waals surface area (Å²) in [5.74, 6) is 6.67. The number of hydrogen-bond acceptors (Lipinski definition) is 29. The molecule has 6 N–H and O–H groups in total. The van der Waals surface area contributed by atoms with Crippen molar-refractivity contribution in [2.45, 2.75) is 318 Å². The number of hydroxylamine groups is 3. The number of carbonyl (C=O) groups excluding carboxylic acids is 3. The Morgan fingerprint density at radius 3 is 0.904 bits per heavy atom. The van der Waals surface area contributed by atoms with Gasteiger partial charge in [-0.25, -0.2) is 55.0 Å². The van der Waals surface area contributed by atoms with Crippen LogP contribution in [0.1, 0.15) is 246 Å². The van der Waals surface area contributed by atoms with Crippen LogP contribution >= 0.6 is 56.7 Å². The van der Waals surface area contributed by atoms with Crippen molar-refractivity contribution in [1.29, 1.82) is 0 Å². The molecule has 0 unspecified atom stereocenters. The maximum absolute atomic E-state index is 12.6. The maximum Gasteiger partial charge on any atom is 0.236 e. The molecule has 7 fully saturated rings. The molecule has 2 aliphatic heterocycles. The fraction of sp³-hybridized carbons (Fsp3) is 0.676. The molecule has 0 bridgehead atoms. The van der Waals surface area contributed by atoms with Gasteiger partial charge in [0.05, 0.1) is 73.9 Å². The Hall–Kier alpha value is -7.67. The lowest BCUT2D eigenvalue weighted by atomic mass is 9.90. The third-order valence-electron chi connectivity index (χ3n) is 31.5. The van der Waals surface area contributed by atoms with Crippen molar-refractivity contribution in [3.63, 3.8) is 0 Å². The highest BCUT2D eigenvalue weighted by atomic mass is 32.1. The number of piperidine rings is 1. The summed E-state index contributed by atoms with van der Waals surface area (Å²) in [6.45, 7) is 12.1. The van der Waals surface area contributed by atoms with Crippen LogP contribution in [0, 0.1) is 5.92 Å². The first kappa shape index (κ1) is 97.6. The smallest absolute Gasteiger partial charge is 0.236 e. The van der Waals surface area contributed by atoms with Crippen molar-refractivity contribution in [3.05, 3.63) is 83.8 Å². The molecule has 135 heavy (non-hydrogen) atoms. The normalized spacial score (nSPS) is 23.9. The molecule has 10 aromatic heterocycles. The van der Waals surface area contributed by atoms with Crippen LogP contribution in [0.25, 0.3) is 51.1 Å². The third kappa shape index (κ3) is 23.5. The molecule has 12 heterocycles. The van der Waals surface area contributed by atoms with Crippen LogP contribution < -0.4 is 26.6 Å². The Morgan fingerprint density at radius 1 is 0.363 bits per heavy atom. The molecule has 10 aliphatic carbocycles. The van der Waals surface area contributed by atoms with Gasteiger partial charge in [-0.3, -0.25) is 29.1 Å². The van der Waals surface area contributed by atoms with Crippen LogP contribution in [0.2, 0.25) is 0 Å². The number of rotatable bonds is 23. The van der Waals surface area contributed by atoms with Crippen LogP contribution in [0.15, 0.2) is 31.6 Å². The summed E-state index contributed by atoms with van der Waals surface area (Å²) in [6, 6.07) is 4.93. The molecule has 3 amide bonds. The molecule has 730 valence electrons. The number of amides is 3. The molecule has 5 saturated carbocycles. The lowest BCUT2D eigenvalue weighted by Gasteiger charge is -2.36. The lowest BCUT2D eigenvalue weighted by molar-refractivity contribution is -1.09. The summed E-state index contributed by atoms with van der Waals surface area (Å²) in [6.07, 6.45) is 53.1. The number of likely N-dealkylation sites (N-methyl/N-ethyl adjacent to an activating group) is 4. The first-order chi connectivity index (χ1) is 65.5. The Morgan fingerprint density at radius 2 is 0.630 bits per heavy atom. The number of anilines is 5. The molecular formula is C102H148N23O5S5+. The molecule has 12 aliphatic rings. The number of carbonyl (C=O) groups is 3. The summed E-state index contributed by atoms with van der Waals surface area (Å²) in [5, 5.41) is 35.2. The SMILES string of the molecule is CC(C)CN(C)C1CCC(Nc2ncnc3sc4c(c23)CCC4)CC1.CN(C)C(=O)CN(C)C1CCC(Nc2ncnc3sc4c(c23)CCC4)CC1.CN(CC(=O)N1CCCCC1)C1CCC(Nc2ncnc3sc4c(c23)CCC4)CC1.CN(CC(=O)N1CCOCC1)C1CCC(Nc2ncnc3sc4c(c23)CCC4)CC1.C[N+](C)(O)C1CCC(Nc2ncnc3sc4c(c23)CCC4)CC1. The van der Waals surface area contributed by atoms with E-state index in [9.17, 15) is 19.6 Å². The fourth-order valence-corrected chi connectivity index (χ4v) is 29.8. The molecule has 28 nitrogen and oxygen atoms in total. The van der Waals surface area contributed by atoms with E-state index in [4.69, 9.17) is 4.74 Å². The van der Waals surface area contributed by atoms with E-state index < -0.39 is 0 Å². The summed E-state index contributed by atoms with van der Waals surface area (Å²) in [5.41, 5.74) is 7.45. The quantitative estimate of drug-likeness (QED) is 0.0256. The average Bonchev–Trinajstić information content (AvgIpc) is 1.64. The largest absolute Gasteiger partial charge is 0.378 e. The Bertz CT molecular complexity index is 5510. The number of quaternary nitrogens is 1. The molecule has 0 radical (unpaired) electrons. The highest BCUT2D eigenvalue weighted by Gasteiger charge is 2.38. The van der Waals surface area contributed by atoms with Gasteiger partial charge < -0.3 is 50.9 Å².